The molecule has 124 valence electrons. The van der Waals surface area contributed by atoms with Gasteiger partial charge in [0, 0.05) is 35.2 Å². The maximum atomic E-state index is 12.2. The van der Waals surface area contributed by atoms with Crippen molar-refractivity contribution in [1.29, 1.82) is 0 Å². The van der Waals surface area contributed by atoms with Crippen LogP contribution in [-0.2, 0) is 9.59 Å². The van der Waals surface area contributed by atoms with Crippen LogP contribution in [0.1, 0.15) is 22.7 Å². The molecule has 0 saturated carbocycles. The van der Waals surface area contributed by atoms with Crippen molar-refractivity contribution >= 4 is 45.7 Å². The minimum Gasteiger partial charge on any atom is -0.477 e. The Morgan fingerprint density at radius 2 is 2.16 bits per heavy atom. The van der Waals surface area contributed by atoms with Crippen LogP contribution < -0.4 is 5.32 Å². The van der Waals surface area contributed by atoms with Crippen LogP contribution in [0, 0.1) is 0 Å². The molecular formula is C19H14N2O3S. The van der Waals surface area contributed by atoms with Gasteiger partial charge in [-0.1, -0.05) is 30.3 Å². The largest absolute Gasteiger partial charge is 0.477 e. The van der Waals surface area contributed by atoms with E-state index in [0.717, 1.165) is 45.5 Å². The fourth-order valence-electron chi connectivity index (χ4n) is 3.99. The molecule has 2 aliphatic heterocycles. The maximum Gasteiger partial charge on any atom is 0.342 e. The number of rotatable bonds is 2. The number of carbonyl (C=O) groups is 2. The number of thioether (sulfide) groups is 1. The summed E-state index contributed by atoms with van der Waals surface area (Å²) in [6.07, 6.45) is 0. The van der Waals surface area contributed by atoms with Gasteiger partial charge in [0.15, 0.2) is 0 Å². The fourth-order valence-corrected chi connectivity index (χ4v) is 4.95. The number of carboxylic acid groups (broad SMARTS) is 1. The number of hydrogen-bond acceptors (Lipinski definition) is 4. The molecule has 25 heavy (non-hydrogen) atoms. The summed E-state index contributed by atoms with van der Waals surface area (Å²) in [5.74, 6) is 0.136. The minimum absolute atomic E-state index is 0.142. The van der Waals surface area contributed by atoms with Crippen molar-refractivity contribution in [3.63, 3.8) is 0 Å². The van der Waals surface area contributed by atoms with Gasteiger partial charge in [-0.05, 0) is 21.9 Å². The van der Waals surface area contributed by atoms with Gasteiger partial charge in [0.1, 0.15) is 5.57 Å². The number of carboxylic acids is 1. The Kier molecular flexibility index (Phi) is 3.14. The van der Waals surface area contributed by atoms with E-state index in [9.17, 15) is 14.7 Å². The SMILES string of the molecule is O=C(O)C1=C2C(=NC1=O)c1cccc3ccc(C4CSCCN4)c2c13. The fraction of sp³-hybridized carbons (Fsp3) is 0.211. The average molecular weight is 350 g/mol. The van der Waals surface area contributed by atoms with Crippen molar-refractivity contribution in [2.75, 3.05) is 18.1 Å². The second-order valence-corrected chi connectivity index (χ2v) is 7.49. The molecule has 5 nitrogen and oxygen atoms in total. The molecule has 1 aliphatic carbocycles. The molecule has 1 atom stereocenters. The van der Waals surface area contributed by atoms with Crippen LogP contribution in [0.3, 0.4) is 0 Å². The van der Waals surface area contributed by atoms with Crippen molar-refractivity contribution < 1.29 is 14.7 Å². The van der Waals surface area contributed by atoms with Gasteiger partial charge >= 0.3 is 5.97 Å². The number of aliphatic imine (C=N–C) groups is 1. The Balaban J connectivity index is 1.87. The van der Waals surface area contributed by atoms with E-state index in [1.807, 2.05) is 30.0 Å². The van der Waals surface area contributed by atoms with Crippen LogP contribution in [0.2, 0.25) is 0 Å². The lowest BCUT2D eigenvalue weighted by Gasteiger charge is -2.25. The van der Waals surface area contributed by atoms with Crippen molar-refractivity contribution in [2.45, 2.75) is 6.04 Å². The number of benzene rings is 2. The lowest BCUT2D eigenvalue weighted by Crippen LogP contribution is -2.30. The highest BCUT2D eigenvalue weighted by Gasteiger charge is 2.40. The van der Waals surface area contributed by atoms with Crippen LogP contribution in [0.5, 0.6) is 0 Å². The minimum atomic E-state index is -1.21. The smallest absolute Gasteiger partial charge is 0.342 e. The molecular weight excluding hydrogens is 336 g/mol. The predicted molar refractivity (Wildman–Crippen MR) is 98.1 cm³/mol. The number of aliphatic carboxylic acids is 1. The molecule has 2 N–H and O–H groups in total. The van der Waals surface area contributed by atoms with Gasteiger partial charge in [0.25, 0.3) is 5.91 Å². The highest BCUT2D eigenvalue weighted by atomic mass is 32.2. The molecule has 0 radical (unpaired) electrons. The summed E-state index contributed by atoms with van der Waals surface area (Å²) in [5.41, 5.74) is 3.59. The number of carbonyl (C=O) groups excluding carboxylic acids is 1. The number of amides is 1. The third kappa shape index (κ3) is 1.98. The molecule has 1 saturated heterocycles. The van der Waals surface area contributed by atoms with E-state index in [1.165, 1.54) is 0 Å². The molecule has 2 aromatic rings. The summed E-state index contributed by atoms with van der Waals surface area (Å²) in [6.45, 7) is 0.916. The van der Waals surface area contributed by atoms with Gasteiger partial charge in [-0.15, -0.1) is 0 Å². The summed E-state index contributed by atoms with van der Waals surface area (Å²) in [4.78, 5) is 28.0. The van der Waals surface area contributed by atoms with Gasteiger partial charge in [-0.2, -0.15) is 11.8 Å². The summed E-state index contributed by atoms with van der Waals surface area (Å²) in [6, 6.07) is 10.1. The van der Waals surface area contributed by atoms with Gasteiger partial charge in [0.2, 0.25) is 0 Å². The Morgan fingerprint density at radius 1 is 1.28 bits per heavy atom. The zero-order valence-corrected chi connectivity index (χ0v) is 14.0. The van der Waals surface area contributed by atoms with Gasteiger partial charge in [0.05, 0.1) is 5.71 Å². The molecule has 0 bridgehead atoms. The zero-order chi connectivity index (χ0) is 17.1. The Labute approximate surface area is 147 Å². The molecule has 2 heterocycles. The van der Waals surface area contributed by atoms with E-state index in [-0.39, 0.29) is 11.6 Å². The monoisotopic (exact) mass is 350 g/mol. The molecule has 3 aliphatic rings. The molecule has 6 heteroatoms. The third-order valence-electron chi connectivity index (χ3n) is 5.01. The Hall–Kier alpha value is -2.44. The molecule has 1 fully saturated rings. The zero-order valence-electron chi connectivity index (χ0n) is 13.2. The van der Waals surface area contributed by atoms with Gasteiger partial charge < -0.3 is 10.4 Å². The second-order valence-electron chi connectivity index (χ2n) is 6.34. The highest BCUT2D eigenvalue weighted by Crippen LogP contribution is 2.46. The van der Waals surface area contributed by atoms with E-state index in [2.05, 4.69) is 22.4 Å². The van der Waals surface area contributed by atoms with Gasteiger partial charge in [-0.25, -0.2) is 9.79 Å². The first-order valence-corrected chi connectivity index (χ1v) is 9.30. The van der Waals surface area contributed by atoms with Crippen LogP contribution in [-0.4, -0.2) is 40.7 Å². The van der Waals surface area contributed by atoms with Crippen molar-refractivity contribution in [3.8, 4) is 0 Å². The second kappa shape index (κ2) is 5.28. The number of hydrogen-bond donors (Lipinski definition) is 2. The molecule has 1 unspecified atom stereocenters. The molecule has 0 spiro atoms. The van der Waals surface area contributed by atoms with Gasteiger partial charge in [-0.3, -0.25) is 4.79 Å². The normalized spacial score (nSPS) is 21.7. The number of fused-ring (bicyclic) bond motifs is 3. The van der Waals surface area contributed by atoms with Crippen LogP contribution in [0.4, 0.5) is 0 Å². The summed E-state index contributed by atoms with van der Waals surface area (Å²) >= 11 is 1.88. The summed E-state index contributed by atoms with van der Waals surface area (Å²) in [5, 5.41) is 15.2. The van der Waals surface area contributed by atoms with E-state index < -0.39 is 11.9 Å². The van der Waals surface area contributed by atoms with Crippen molar-refractivity contribution in [2.24, 2.45) is 4.99 Å². The number of allylic oxidation sites excluding steroid dienone is 1. The average Bonchev–Trinajstić information content (AvgIpc) is 3.12. The number of nitrogens with zero attached hydrogens (tertiary/aromatic N) is 1. The summed E-state index contributed by atoms with van der Waals surface area (Å²) in [7, 11) is 0. The first-order chi connectivity index (χ1) is 12.2. The lowest BCUT2D eigenvalue weighted by molar-refractivity contribution is -0.134. The Bertz CT molecular complexity index is 1030. The topological polar surface area (TPSA) is 78.8 Å². The van der Waals surface area contributed by atoms with E-state index >= 15 is 0 Å². The van der Waals surface area contributed by atoms with Crippen molar-refractivity contribution in [1.82, 2.24) is 5.32 Å². The Morgan fingerprint density at radius 3 is 2.92 bits per heavy atom. The number of nitrogens with one attached hydrogen (secondary N) is 1. The first-order valence-electron chi connectivity index (χ1n) is 8.15. The first kappa shape index (κ1) is 14.9. The van der Waals surface area contributed by atoms with Crippen LogP contribution in [0.25, 0.3) is 16.3 Å². The van der Waals surface area contributed by atoms with E-state index in [0.29, 0.717) is 11.3 Å². The van der Waals surface area contributed by atoms with Crippen LogP contribution in [0.15, 0.2) is 40.9 Å². The molecule has 0 aromatic heterocycles. The molecule has 1 amide bonds. The van der Waals surface area contributed by atoms with Crippen LogP contribution >= 0.6 is 11.8 Å². The van der Waals surface area contributed by atoms with Crippen molar-refractivity contribution in [3.05, 3.63) is 52.6 Å². The van der Waals surface area contributed by atoms with E-state index in [1.54, 1.807) is 0 Å². The van der Waals surface area contributed by atoms with E-state index in [4.69, 9.17) is 0 Å². The third-order valence-corrected chi connectivity index (χ3v) is 6.07. The standard InChI is InChI=1S/C19H14N2O3S/c22-18-16(19(23)24)15-14-10(12-8-25-7-6-20-12)5-4-9-2-1-3-11(13(9)14)17(15)21-18/h1-5,12,20H,6-8H2,(H,23,24). The lowest BCUT2D eigenvalue weighted by atomic mass is 9.92. The maximum absolute atomic E-state index is 12.2. The molecule has 2 aromatic carbocycles. The predicted octanol–water partition coefficient (Wildman–Crippen LogP) is 2.40. The summed E-state index contributed by atoms with van der Waals surface area (Å²) < 4.78 is 0. The highest BCUT2D eigenvalue weighted by molar-refractivity contribution is 7.99. The quantitative estimate of drug-likeness (QED) is 0.813. The molecule has 5 rings (SSSR count).